The van der Waals surface area contributed by atoms with E-state index in [0.29, 0.717) is 37.7 Å². The maximum Gasteiger partial charge on any atom is 0.225 e. The first-order valence-electron chi connectivity index (χ1n) is 11.2. The first-order chi connectivity index (χ1) is 14.6. The van der Waals surface area contributed by atoms with Gasteiger partial charge in [0.05, 0.1) is 6.20 Å². The van der Waals surface area contributed by atoms with E-state index >= 15 is 0 Å². The van der Waals surface area contributed by atoms with E-state index in [0.717, 1.165) is 56.0 Å². The fourth-order valence-electron chi connectivity index (χ4n) is 4.40. The van der Waals surface area contributed by atoms with Crippen LogP contribution < -0.4 is 0 Å². The van der Waals surface area contributed by atoms with Crippen molar-refractivity contribution < 1.29 is 14.0 Å². The molecule has 0 N–H and O–H groups in total. The summed E-state index contributed by atoms with van der Waals surface area (Å²) in [6.45, 7) is 5.37. The van der Waals surface area contributed by atoms with Crippen molar-refractivity contribution in [3.05, 3.63) is 42.4 Å². The van der Waals surface area contributed by atoms with Gasteiger partial charge in [0.1, 0.15) is 0 Å². The summed E-state index contributed by atoms with van der Waals surface area (Å²) in [4.78, 5) is 33.6. The average molecular weight is 410 g/mol. The van der Waals surface area contributed by atoms with Crippen molar-refractivity contribution >= 4 is 11.8 Å². The molecule has 2 saturated heterocycles. The van der Waals surface area contributed by atoms with Gasteiger partial charge in [-0.2, -0.15) is 0 Å². The van der Waals surface area contributed by atoms with E-state index in [1.54, 1.807) is 6.20 Å². The summed E-state index contributed by atoms with van der Waals surface area (Å²) in [5.41, 5.74) is 0.984. The normalized spacial score (nSPS) is 18.6. The van der Waals surface area contributed by atoms with Crippen molar-refractivity contribution in [1.29, 1.82) is 0 Å². The predicted molar refractivity (Wildman–Crippen MR) is 115 cm³/mol. The highest BCUT2D eigenvalue weighted by molar-refractivity contribution is 5.80. The molecule has 0 spiro atoms. The third-order valence-electron chi connectivity index (χ3n) is 6.46. The molecule has 30 heavy (non-hydrogen) atoms. The quantitative estimate of drug-likeness (QED) is 0.754. The van der Waals surface area contributed by atoms with Crippen LogP contribution in [0.1, 0.15) is 44.9 Å². The highest BCUT2D eigenvalue weighted by atomic mass is 16.4. The van der Waals surface area contributed by atoms with Crippen LogP contribution >= 0.6 is 0 Å². The predicted octanol–water partition coefficient (Wildman–Crippen LogP) is 3.77. The fourth-order valence-corrected chi connectivity index (χ4v) is 4.40. The lowest BCUT2D eigenvalue weighted by atomic mass is 9.92. The number of rotatable bonds is 5. The summed E-state index contributed by atoms with van der Waals surface area (Å²) in [6, 6.07) is 9.84. The smallest absolute Gasteiger partial charge is 0.225 e. The largest absolute Gasteiger partial charge is 0.441 e. The number of oxazole rings is 1. The Kier molecular flexibility index (Phi) is 6.50. The van der Waals surface area contributed by atoms with Gasteiger partial charge in [-0.15, -0.1) is 0 Å². The zero-order valence-electron chi connectivity index (χ0n) is 17.8. The maximum absolute atomic E-state index is 12.8. The molecule has 2 aliphatic rings. The Bertz CT molecular complexity index is 848. The van der Waals surface area contributed by atoms with Gasteiger partial charge in [-0.1, -0.05) is 37.3 Å². The highest BCUT2D eigenvalue weighted by Gasteiger charge is 2.31. The molecule has 4 rings (SSSR count). The summed E-state index contributed by atoms with van der Waals surface area (Å²) in [5, 5.41) is 0. The number of hydrogen-bond donors (Lipinski definition) is 0. The Morgan fingerprint density at radius 3 is 2.37 bits per heavy atom. The molecule has 2 aliphatic heterocycles. The molecule has 6 heteroatoms. The zero-order chi connectivity index (χ0) is 20.9. The number of benzene rings is 1. The van der Waals surface area contributed by atoms with E-state index in [2.05, 4.69) is 11.9 Å². The SMILES string of the molecule is CC1CCN(C(=O)C2CCN(C(=O)CCc3ncc(-c4ccccc4)o3)CC2)CC1. The Labute approximate surface area is 178 Å². The van der Waals surface area contributed by atoms with E-state index in [4.69, 9.17) is 4.42 Å². The van der Waals surface area contributed by atoms with E-state index in [9.17, 15) is 9.59 Å². The summed E-state index contributed by atoms with van der Waals surface area (Å²) in [7, 11) is 0. The van der Waals surface area contributed by atoms with Crippen molar-refractivity contribution in [1.82, 2.24) is 14.8 Å². The molecule has 0 saturated carbocycles. The molecule has 0 unspecified atom stereocenters. The zero-order valence-corrected chi connectivity index (χ0v) is 17.8. The Morgan fingerprint density at radius 1 is 1.00 bits per heavy atom. The van der Waals surface area contributed by atoms with Gasteiger partial charge in [-0.05, 0) is 31.6 Å². The molecule has 0 bridgehead atoms. The van der Waals surface area contributed by atoms with Crippen molar-refractivity contribution in [2.45, 2.75) is 45.4 Å². The third kappa shape index (κ3) is 4.91. The van der Waals surface area contributed by atoms with Crippen LogP contribution in [0.4, 0.5) is 0 Å². The molecular formula is C24H31N3O3. The second-order valence-corrected chi connectivity index (χ2v) is 8.65. The van der Waals surface area contributed by atoms with Gasteiger partial charge in [0.25, 0.3) is 0 Å². The molecule has 0 atom stereocenters. The average Bonchev–Trinajstić information content (AvgIpc) is 3.27. The van der Waals surface area contributed by atoms with E-state index < -0.39 is 0 Å². The number of carbonyl (C=O) groups is 2. The summed E-state index contributed by atoms with van der Waals surface area (Å²) in [5.74, 6) is 2.52. The minimum absolute atomic E-state index is 0.0719. The molecule has 2 fully saturated rings. The van der Waals surface area contributed by atoms with E-state index in [1.807, 2.05) is 40.1 Å². The lowest BCUT2D eigenvalue weighted by Gasteiger charge is -2.36. The lowest BCUT2D eigenvalue weighted by molar-refractivity contribution is -0.141. The minimum Gasteiger partial charge on any atom is -0.441 e. The number of aromatic nitrogens is 1. The van der Waals surface area contributed by atoms with Crippen molar-refractivity contribution in [2.24, 2.45) is 11.8 Å². The second kappa shape index (κ2) is 9.45. The number of carbonyl (C=O) groups excluding carboxylic acids is 2. The molecule has 0 aliphatic carbocycles. The number of amides is 2. The van der Waals surface area contributed by atoms with Crippen LogP contribution in [0.5, 0.6) is 0 Å². The molecule has 3 heterocycles. The molecule has 6 nitrogen and oxygen atoms in total. The molecule has 1 aromatic heterocycles. The van der Waals surface area contributed by atoms with Gasteiger partial charge in [0.15, 0.2) is 11.7 Å². The molecule has 2 amide bonds. The topological polar surface area (TPSA) is 66.7 Å². The monoisotopic (exact) mass is 409 g/mol. The molecule has 1 aromatic carbocycles. The van der Waals surface area contributed by atoms with Crippen molar-refractivity contribution in [3.63, 3.8) is 0 Å². The van der Waals surface area contributed by atoms with Gasteiger partial charge in [0.2, 0.25) is 11.8 Å². The summed E-state index contributed by atoms with van der Waals surface area (Å²) >= 11 is 0. The highest BCUT2D eigenvalue weighted by Crippen LogP contribution is 2.24. The molecular weight excluding hydrogens is 378 g/mol. The maximum atomic E-state index is 12.8. The van der Waals surface area contributed by atoms with Crippen LogP contribution in [-0.2, 0) is 16.0 Å². The Morgan fingerprint density at radius 2 is 1.67 bits per heavy atom. The van der Waals surface area contributed by atoms with Crippen LogP contribution in [0.25, 0.3) is 11.3 Å². The first-order valence-corrected chi connectivity index (χ1v) is 11.2. The van der Waals surface area contributed by atoms with Crippen LogP contribution in [0.2, 0.25) is 0 Å². The van der Waals surface area contributed by atoms with Gasteiger partial charge in [0, 0.05) is 50.5 Å². The Balaban J connectivity index is 1.22. The van der Waals surface area contributed by atoms with Gasteiger partial charge in [-0.3, -0.25) is 9.59 Å². The van der Waals surface area contributed by atoms with Crippen LogP contribution in [0.15, 0.2) is 40.9 Å². The number of likely N-dealkylation sites (tertiary alicyclic amines) is 2. The fraction of sp³-hybridized carbons (Fsp3) is 0.542. The van der Waals surface area contributed by atoms with E-state index in [1.165, 1.54) is 0 Å². The minimum atomic E-state index is 0.0719. The van der Waals surface area contributed by atoms with Crippen LogP contribution in [-0.4, -0.2) is 52.8 Å². The van der Waals surface area contributed by atoms with E-state index in [-0.39, 0.29) is 11.8 Å². The summed E-state index contributed by atoms with van der Waals surface area (Å²) in [6.07, 6.45) is 6.36. The standard InChI is InChI=1S/C24H31N3O3/c1-18-9-13-27(14-10-18)24(29)20-11-15-26(16-12-20)23(28)8-7-22-25-17-21(30-22)19-5-3-2-4-6-19/h2-6,17-18,20H,7-16H2,1H3. The number of aryl methyl sites for hydroxylation is 1. The molecule has 0 radical (unpaired) electrons. The van der Waals surface area contributed by atoms with Crippen molar-refractivity contribution in [2.75, 3.05) is 26.2 Å². The van der Waals surface area contributed by atoms with Gasteiger partial charge in [-0.25, -0.2) is 4.98 Å². The Hall–Kier alpha value is -2.63. The lowest BCUT2D eigenvalue weighted by Crippen LogP contribution is -2.46. The molecule has 160 valence electrons. The first kappa shape index (κ1) is 20.6. The summed E-state index contributed by atoms with van der Waals surface area (Å²) < 4.78 is 5.80. The number of nitrogens with zero attached hydrogens (tertiary/aromatic N) is 3. The molecule has 2 aromatic rings. The van der Waals surface area contributed by atoms with Gasteiger partial charge >= 0.3 is 0 Å². The third-order valence-corrected chi connectivity index (χ3v) is 6.46. The van der Waals surface area contributed by atoms with Crippen molar-refractivity contribution in [3.8, 4) is 11.3 Å². The number of piperidine rings is 2. The van der Waals surface area contributed by atoms with Crippen LogP contribution in [0, 0.1) is 11.8 Å². The second-order valence-electron chi connectivity index (χ2n) is 8.65. The number of hydrogen-bond acceptors (Lipinski definition) is 4. The van der Waals surface area contributed by atoms with Gasteiger partial charge < -0.3 is 14.2 Å². The van der Waals surface area contributed by atoms with Crippen LogP contribution in [0.3, 0.4) is 0 Å².